The molecule has 5 heteroatoms. The molecule has 0 unspecified atom stereocenters. The van der Waals surface area contributed by atoms with Crippen molar-refractivity contribution in [1.29, 1.82) is 0 Å². The molecule has 0 aliphatic carbocycles. The van der Waals surface area contributed by atoms with Gasteiger partial charge in [-0.2, -0.15) is 0 Å². The number of rotatable bonds is 2. The van der Waals surface area contributed by atoms with E-state index in [1.807, 2.05) is 0 Å². The van der Waals surface area contributed by atoms with E-state index >= 15 is 0 Å². The molecule has 0 aromatic rings. The Kier molecular flexibility index (Phi) is 14.5. The van der Waals surface area contributed by atoms with Crippen LogP contribution in [0.3, 0.4) is 0 Å². The SMILES string of the molecule is CC(=O)/C=C(\C)[O-].CC(=O)/C=C(\C)[O-].[Zn+2]. The maximum atomic E-state index is 9.98. The molecule has 4 nitrogen and oxygen atoms in total. The van der Waals surface area contributed by atoms with E-state index in [2.05, 4.69) is 0 Å². The second-order valence-electron chi connectivity index (χ2n) is 2.73. The third kappa shape index (κ3) is 32.1. The predicted octanol–water partition coefficient (Wildman–Crippen LogP) is -0.324. The summed E-state index contributed by atoms with van der Waals surface area (Å²) >= 11 is 0. The number of ketones is 2. The fourth-order valence-electron chi connectivity index (χ4n) is 0.572. The van der Waals surface area contributed by atoms with Crippen molar-refractivity contribution >= 4 is 11.6 Å². The number of carbonyl (C=O) groups excluding carboxylic acids is 2. The van der Waals surface area contributed by atoms with E-state index < -0.39 is 0 Å². The molecule has 0 fully saturated rings. The third-order valence-corrected chi connectivity index (χ3v) is 0.813. The average Bonchev–Trinajstić information content (AvgIpc) is 1.79. The van der Waals surface area contributed by atoms with Gasteiger partial charge in [0, 0.05) is 0 Å². The van der Waals surface area contributed by atoms with Crippen LogP contribution in [0.4, 0.5) is 0 Å². The van der Waals surface area contributed by atoms with Gasteiger partial charge < -0.3 is 10.2 Å². The van der Waals surface area contributed by atoms with Crippen LogP contribution in [0.2, 0.25) is 0 Å². The Morgan fingerprint density at radius 1 is 0.800 bits per heavy atom. The summed E-state index contributed by atoms with van der Waals surface area (Å²) in [6.45, 7) is 5.39. The summed E-state index contributed by atoms with van der Waals surface area (Å²) in [5, 5.41) is 20.0. The summed E-state index contributed by atoms with van der Waals surface area (Å²) in [6.07, 6.45) is 2.11. The first-order valence-corrected chi connectivity index (χ1v) is 3.97. The molecule has 0 bridgehead atoms. The van der Waals surface area contributed by atoms with Crippen molar-refractivity contribution < 1.29 is 39.3 Å². The van der Waals surface area contributed by atoms with Crippen LogP contribution in [0.5, 0.6) is 0 Å². The predicted molar refractivity (Wildman–Crippen MR) is 48.9 cm³/mol. The van der Waals surface area contributed by atoms with Crippen LogP contribution in [-0.2, 0) is 29.1 Å². The molecule has 80 valence electrons. The minimum Gasteiger partial charge on any atom is -0.876 e. The monoisotopic (exact) mass is 262 g/mol. The molecule has 0 aliphatic heterocycles. The van der Waals surface area contributed by atoms with Crippen LogP contribution >= 0.6 is 0 Å². The summed E-state index contributed by atoms with van der Waals surface area (Å²) in [4.78, 5) is 20.0. The van der Waals surface area contributed by atoms with Gasteiger partial charge in [-0.15, -0.1) is 11.5 Å². The van der Waals surface area contributed by atoms with Gasteiger partial charge in [0.1, 0.15) is 0 Å². The number of hydrogen-bond donors (Lipinski definition) is 0. The summed E-state index contributed by atoms with van der Waals surface area (Å²) in [7, 11) is 0. The molecule has 0 heterocycles. The van der Waals surface area contributed by atoms with Gasteiger partial charge >= 0.3 is 19.5 Å². The van der Waals surface area contributed by atoms with Crippen LogP contribution in [0.15, 0.2) is 23.7 Å². The quantitative estimate of drug-likeness (QED) is 0.388. The molecular weight excluding hydrogens is 249 g/mol. The Morgan fingerprint density at radius 3 is 1.00 bits per heavy atom. The molecule has 0 atom stereocenters. The third-order valence-electron chi connectivity index (χ3n) is 0.813. The first-order chi connectivity index (χ1) is 6.25. The van der Waals surface area contributed by atoms with Crippen molar-refractivity contribution in [2.75, 3.05) is 0 Å². The Bertz CT molecular complexity index is 231. The molecule has 0 N–H and O–H groups in total. The van der Waals surface area contributed by atoms with Crippen molar-refractivity contribution in [2.24, 2.45) is 0 Å². The van der Waals surface area contributed by atoms with Crippen LogP contribution in [0.1, 0.15) is 27.7 Å². The maximum absolute atomic E-state index is 9.98. The molecule has 0 amide bonds. The van der Waals surface area contributed by atoms with Gasteiger partial charge in [0.25, 0.3) is 0 Å². The molecule has 0 spiro atoms. The summed E-state index contributed by atoms with van der Waals surface area (Å²) in [5.41, 5.74) is 0. The van der Waals surface area contributed by atoms with Crippen LogP contribution in [0.25, 0.3) is 0 Å². The Balaban J connectivity index is -0.000000180. The van der Waals surface area contributed by atoms with Gasteiger partial charge in [0.15, 0.2) is 11.6 Å². The van der Waals surface area contributed by atoms with Gasteiger partial charge in [-0.25, -0.2) is 0 Å². The van der Waals surface area contributed by atoms with Crippen LogP contribution in [-0.4, -0.2) is 11.6 Å². The fraction of sp³-hybridized carbons (Fsp3) is 0.400. The van der Waals surface area contributed by atoms with Crippen molar-refractivity contribution in [3.05, 3.63) is 23.7 Å². The van der Waals surface area contributed by atoms with Crippen molar-refractivity contribution in [3.63, 3.8) is 0 Å². The standard InChI is InChI=1S/2C5H8O2.Zn/c2*1-4(6)3-5(2)7;/h2*3,6H,1-2H3;/q;;+2/p-2/b2*4-3+;. The van der Waals surface area contributed by atoms with Gasteiger partial charge in [0.2, 0.25) is 0 Å². The zero-order valence-corrected chi connectivity index (χ0v) is 12.5. The van der Waals surface area contributed by atoms with E-state index in [0.29, 0.717) is 0 Å². The minimum atomic E-state index is -0.187. The molecule has 0 aromatic carbocycles. The second-order valence-corrected chi connectivity index (χ2v) is 2.73. The summed E-state index contributed by atoms with van der Waals surface area (Å²) in [6, 6.07) is 0. The van der Waals surface area contributed by atoms with Gasteiger partial charge in [-0.05, 0) is 26.0 Å². The van der Waals surface area contributed by atoms with E-state index in [0.717, 1.165) is 12.2 Å². The average molecular weight is 264 g/mol. The molecule has 0 radical (unpaired) electrons. The topological polar surface area (TPSA) is 80.3 Å². The Hall–Kier alpha value is -0.957. The molecule has 0 saturated carbocycles. The Labute approximate surface area is 102 Å². The van der Waals surface area contributed by atoms with E-state index in [9.17, 15) is 19.8 Å². The number of allylic oxidation sites excluding steroid dienone is 4. The zero-order chi connectivity index (χ0) is 11.7. The normalized spacial score (nSPS) is 10.7. The van der Waals surface area contributed by atoms with Crippen molar-refractivity contribution in [3.8, 4) is 0 Å². The van der Waals surface area contributed by atoms with Crippen LogP contribution < -0.4 is 10.2 Å². The van der Waals surface area contributed by atoms with Crippen molar-refractivity contribution in [1.82, 2.24) is 0 Å². The second kappa shape index (κ2) is 11.1. The molecule has 0 rings (SSSR count). The molecule has 0 aromatic heterocycles. The smallest absolute Gasteiger partial charge is 0.876 e. The first kappa shape index (κ1) is 19.6. The number of carbonyl (C=O) groups is 2. The fourth-order valence-corrected chi connectivity index (χ4v) is 0.572. The van der Waals surface area contributed by atoms with E-state index in [4.69, 9.17) is 0 Å². The molecular formula is C10H14O4Zn. The first-order valence-electron chi connectivity index (χ1n) is 3.97. The van der Waals surface area contributed by atoms with E-state index in [-0.39, 0.29) is 42.6 Å². The summed E-state index contributed by atoms with van der Waals surface area (Å²) in [5.74, 6) is -0.750. The molecule has 0 saturated heterocycles. The van der Waals surface area contributed by atoms with Gasteiger partial charge in [-0.1, -0.05) is 13.8 Å². The van der Waals surface area contributed by atoms with Gasteiger partial charge in [0.05, 0.1) is 0 Å². The van der Waals surface area contributed by atoms with Crippen LogP contribution in [0, 0.1) is 0 Å². The molecule has 15 heavy (non-hydrogen) atoms. The minimum absolute atomic E-state index is 0. The van der Waals surface area contributed by atoms with Crippen molar-refractivity contribution in [2.45, 2.75) is 27.7 Å². The largest absolute Gasteiger partial charge is 2.00 e. The van der Waals surface area contributed by atoms with E-state index in [1.165, 1.54) is 27.7 Å². The van der Waals surface area contributed by atoms with Gasteiger partial charge in [-0.3, -0.25) is 9.59 Å². The maximum Gasteiger partial charge on any atom is 2.00 e. The number of hydrogen-bond acceptors (Lipinski definition) is 4. The summed E-state index contributed by atoms with van der Waals surface area (Å²) < 4.78 is 0. The zero-order valence-electron chi connectivity index (χ0n) is 9.49. The Morgan fingerprint density at radius 2 is 1.00 bits per heavy atom. The molecule has 0 aliphatic rings. The van der Waals surface area contributed by atoms with E-state index in [1.54, 1.807) is 0 Å².